The number of pyridine rings is 1. The van der Waals surface area contributed by atoms with Crippen LogP contribution in [0.5, 0.6) is 0 Å². The maximum atomic E-state index is 8.88. The van der Waals surface area contributed by atoms with Gasteiger partial charge in [0.2, 0.25) is 5.69 Å². The van der Waals surface area contributed by atoms with Gasteiger partial charge in [-0.05, 0) is 61.0 Å². The van der Waals surface area contributed by atoms with Gasteiger partial charge in [-0.25, -0.2) is 4.57 Å². The second-order valence-corrected chi connectivity index (χ2v) is 7.16. The summed E-state index contributed by atoms with van der Waals surface area (Å²) in [5.41, 5.74) is 4.68. The van der Waals surface area contributed by atoms with Crippen molar-refractivity contribution in [2.45, 2.75) is 34.1 Å². The Balaban J connectivity index is 2.10. The number of fused-ring (bicyclic) bond motifs is 3. The molecule has 2 heteroatoms. The van der Waals surface area contributed by atoms with Crippen LogP contribution in [0.15, 0.2) is 53.0 Å². The van der Waals surface area contributed by atoms with Crippen LogP contribution >= 0.6 is 0 Å². The fourth-order valence-corrected chi connectivity index (χ4v) is 3.44. The van der Waals surface area contributed by atoms with Gasteiger partial charge >= 0.3 is 0 Å². The van der Waals surface area contributed by atoms with E-state index < -0.39 is 12.3 Å². The molecule has 2 aromatic carbocycles. The zero-order valence-electron chi connectivity index (χ0n) is 20.8. The molecule has 4 rings (SSSR count). The fourth-order valence-electron chi connectivity index (χ4n) is 3.44. The summed E-state index contributed by atoms with van der Waals surface area (Å²) < 4.78 is 50.3. The molecule has 0 saturated carbocycles. The van der Waals surface area contributed by atoms with Crippen LogP contribution in [0.2, 0.25) is 0 Å². The van der Waals surface area contributed by atoms with Crippen LogP contribution < -0.4 is 4.57 Å². The summed E-state index contributed by atoms with van der Waals surface area (Å²) >= 11 is 0. The summed E-state index contributed by atoms with van der Waals surface area (Å²) in [6, 6.07) is 9.49. The van der Waals surface area contributed by atoms with Crippen LogP contribution in [0.25, 0.3) is 33.2 Å². The molecule has 0 saturated heterocycles. The second-order valence-electron chi connectivity index (χ2n) is 7.16. The lowest BCUT2D eigenvalue weighted by Crippen LogP contribution is -2.30. The number of rotatable bonds is 3. The van der Waals surface area contributed by atoms with Crippen molar-refractivity contribution >= 4 is 21.9 Å². The van der Waals surface area contributed by atoms with Gasteiger partial charge < -0.3 is 4.42 Å². The molecule has 0 radical (unpaired) electrons. The van der Waals surface area contributed by atoms with E-state index in [1.54, 1.807) is 20.9 Å². The van der Waals surface area contributed by atoms with Gasteiger partial charge in [-0.15, -0.1) is 0 Å². The molecule has 0 atom stereocenters. The number of aromatic nitrogens is 1. The van der Waals surface area contributed by atoms with Crippen molar-refractivity contribution in [3.05, 3.63) is 65.3 Å². The Kier molecular flexibility index (Phi) is 2.87. The van der Waals surface area contributed by atoms with Crippen molar-refractivity contribution < 1.29 is 15.8 Å². The first kappa shape index (κ1) is 11.9. The average Bonchev–Trinajstić information content (AvgIpc) is 3.06. The van der Waals surface area contributed by atoms with Gasteiger partial charge in [0, 0.05) is 31.2 Å². The molecular formula is C24H26NO+. The van der Waals surface area contributed by atoms with Gasteiger partial charge in [0.05, 0.1) is 2.74 Å². The number of aryl methyl sites for hydroxylation is 2. The third-order valence-electron chi connectivity index (χ3n) is 4.67. The minimum atomic E-state index is -1.90. The molecule has 26 heavy (non-hydrogen) atoms. The molecule has 2 aromatic heterocycles. The first-order valence-electron chi connectivity index (χ1n) is 11.4. The lowest BCUT2D eigenvalue weighted by atomic mass is 9.96. The van der Waals surface area contributed by atoms with Crippen molar-refractivity contribution in [3.8, 4) is 11.3 Å². The lowest BCUT2D eigenvalue weighted by molar-refractivity contribution is -0.660. The van der Waals surface area contributed by atoms with Crippen LogP contribution in [0.4, 0.5) is 0 Å². The Morgan fingerprint density at radius 1 is 1.15 bits per heavy atom. The lowest BCUT2D eigenvalue weighted by Gasteiger charge is -2.09. The molecule has 0 aliphatic carbocycles. The van der Waals surface area contributed by atoms with Gasteiger partial charge in [-0.2, -0.15) is 0 Å². The highest BCUT2D eigenvalue weighted by Crippen LogP contribution is 2.36. The summed E-state index contributed by atoms with van der Waals surface area (Å²) in [6.45, 7) is 7.43. The molecule has 2 nitrogen and oxygen atoms in total. The van der Waals surface area contributed by atoms with Gasteiger partial charge in [-0.3, -0.25) is 0 Å². The van der Waals surface area contributed by atoms with E-state index in [0.29, 0.717) is 5.69 Å². The number of hydrogen-bond acceptors (Lipinski definition) is 1. The highest BCUT2D eigenvalue weighted by molar-refractivity contribution is 6.08. The van der Waals surface area contributed by atoms with E-state index in [2.05, 4.69) is 0 Å². The summed E-state index contributed by atoms with van der Waals surface area (Å²) in [6.07, 6.45) is -2.01. The molecule has 0 amide bonds. The van der Waals surface area contributed by atoms with E-state index in [-0.39, 0.29) is 23.8 Å². The molecule has 0 spiro atoms. The van der Waals surface area contributed by atoms with Crippen molar-refractivity contribution in [1.82, 2.24) is 0 Å². The zero-order valence-corrected chi connectivity index (χ0v) is 15.8. The third-order valence-corrected chi connectivity index (χ3v) is 4.67. The monoisotopic (exact) mass is 349 g/mol. The van der Waals surface area contributed by atoms with Gasteiger partial charge in [0.1, 0.15) is 19.6 Å². The molecule has 0 N–H and O–H groups in total. The van der Waals surface area contributed by atoms with Crippen LogP contribution in [0.1, 0.15) is 37.4 Å². The predicted octanol–water partition coefficient (Wildman–Crippen LogP) is 5.89. The second kappa shape index (κ2) is 6.28. The van der Waals surface area contributed by atoms with Crippen molar-refractivity contribution in [2.24, 2.45) is 13.0 Å². The molecule has 2 heterocycles. The van der Waals surface area contributed by atoms with Crippen molar-refractivity contribution in [3.63, 3.8) is 0 Å². The van der Waals surface area contributed by atoms with Crippen molar-refractivity contribution in [2.75, 3.05) is 0 Å². The third kappa shape index (κ3) is 2.80. The predicted molar refractivity (Wildman–Crippen MR) is 108 cm³/mol. The van der Waals surface area contributed by atoms with E-state index in [1.165, 1.54) is 4.57 Å². The Morgan fingerprint density at radius 2 is 1.96 bits per heavy atom. The first-order chi connectivity index (χ1) is 14.5. The molecular weight excluding hydrogens is 318 g/mol. The molecule has 0 bridgehead atoms. The Bertz CT molecular complexity index is 1350. The number of hydrogen-bond donors (Lipinski definition) is 0. The van der Waals surface area contributed by atoms with E-state index in [0.717, 1.165) is 38.6 Å². The zero-order chi connectivity index (χ0) is 22.8. The quantitative estimate of drug-likeness (QED) is 0.421. The van der Waals surface area contributed by atoms with Gasteiger partial charge in [-0.1, -0.05) is 26.0 Å². The first-order valence-corrected chi connectivity index (χ1v) is 8.89. The number of nitrogens with zero attached hydrogens (tertiary/aromatic N) is 1. The Morgan fingerprint density at radius 3 is 2.73 bits per heavy atom. The highest BCUT2D eigenvalue weighted by Gasteiger charge is 2.18. The maximum absolute atomic E-state index is 8.88. The summed E-state index contributed by atoms with van der Waals surface area (Å²) in [4.78, 5) is 0. The van der Waals surface area contributed by atoms with Crippen LogP contribution in [0, 0.1) is 19.8 Å². The summed E-state index contributed by atoms with van der Waals surface area (Å²) in [5.74, 6) is -0.440. The summed E-state index contributed by atoms with van der Waals surface area (Å²) in [7, 11) is 1.66. The van der Waals surface area contributed by atoms with Gasteiger partial charge in [0.15, 0.2) is 6.17 Å². The fraction of sp³-hybridized carbons (Fsp3) is 0.292. The van der Waals surface area contributed by atoms with E-state index >= 15 is 0 Å². The van der Waals surface area contributed by atoms with Gasteiger partial charge in [0.25, 0.3) is 0 Å². The minimum Gasteiger partial charge on any atom is -0.456 e. The maximum Gasteiger partial charge on any atom is 0.212 e. The van der Waals surface area contributed by atoms with Crippen LogP contribution in [0.3, 0.4) is 0 Å². The van der Waals surface area contributed by atoms with E-state index in [1.807, 2.05) is 44.2 Å². The molecule has 0 unspecified atom stereocenters. The van der Waals surface area contributed by atoms with E-state index in [4.69, 9.17) is 11.3 Å². The molecule has 0 fully saturated rings. The number of benzene rings is 2. The molecule has 4 aromatic rings. The SMILES string of the molecule is [2H]c1c(C([2H])([2H])C(C)C)c([2H])c(-c2ccc3oc4cc(C)ccc4c3c2C)[n+](C)c1[2H]. The normalized spacial score (nSPS) is 15.1. The summed E-state index contributed by atoms with van der Waals surface area (Å²) in [5, 5.41) is 1.93. The molecule has 0 aliphatic rings. The molecule has 0 aliphatic heterocycles. The highest BCUT2D eigenvalue weighted by atomic mass is 16.3. The largest absolute Gasteiger partial charge is 0.456 e. The average molecular weight is 350 g/mol. The van der Waals surface area contributed by atoms with Crippen molar-refractivity contribution in [1.29, 1.82) is 0 Å². The Hall–Kier alpha value is -2.61. The minimum absolute atomic E-state index is 0.0345. The van der Waals surface area contributed by atoms with Crippen LogP contribution in [-0.2, 0) is 13.4 Å². The topological polar surface area (TPSA) is 17.0 Å². The van der Waals surface area contributed by atoms with Crippen LogP contribution in [-0.4, -0.2) is 0 Å². The standard InChI is InChI=1S/C24H26NO/c1-15(2)12-18-10-11-25(5)21(14-18)19-8-9-22-24(17(19)4)20-7-6-16(3)13-23(20)26-22/h6-11,13-15H,12H2,1-5H3/q+1/i10D,11D,12D2,14D. The number of furan rings is 1. The Labute approximate surface area is 162 Å². The molecule has 132 valence electrons. The smallest absolute Gasteiger partial charge is 0.212 e. The van der Waals surface area contributed by atoms with E-state index in [9.17, 15) is 0 Å².